The van der Waals surface area contributed by atoms with Gasteiger partial charge in [0.1, 0.15) is 17.7 Å². The summed E-state index contributed by atoms with van der Waals surface area (Å²) in [5.74, 6) is 0.759. The van der Waals surface area contributed by atoms with Crippen LogP contribution in [-0.2, 0) is 0 Å². The molecule has 1 fully saturated rings. The van der Waals surface area contributed by atoms with Gasteiger partial charge in [-0.25, -0.2) is 19.3 Å². The number of nitrogens with one attached hydrogen (secondary N) is 2. The van der Waals surface area contributed by atoms with E-state index in [1.54, 1.807) is 12.1 Å². The lowest BCUT2D eigenvalue weighted by Crippen LogP contribution is -2.42. The van der Waals surface area contributed by atoms with E-state index in [-0.39, 0.29) is 10.7 Å². The number of rotatable bonds is 3. The van der Waals surface area contributed by atoms with Crippen molar-refractivity contribution in [2.45, 2.75) is 6.42 Å². The molecular formula is C17H16ClFN6. The molecule has 8 heteroatoms. The fourth-order valence-electron chi connectivity index (χ4n) is 2.81. The van der Waals surface area contributed by atoms with Crippen molar-refractivity contribution in [3.63, 3.8) is 0 Å². The van der Waals surface area contributed by atoms with Crippen molar-refractivity contribution in [3.8, 4) is 0 Å². The van der Waals surface area contributed by atoms with Gasteiger partial charge in [0.15, 0.2) is 11.6 Å². The largest absolute Gasteiger partial charge is 0.344 e. The zero-order chi connectivity index (χ0) is 17.2. The number of pyridine rings is 1. The molecule has 1 aliphatic heterocycles. The predicted molar refractivity (Wildman–Crippen MR) is 96.9 cm³/mol. The van der Waals surface area contributed by atoms with Crippen LogP contribution < -0.4 is 15.5 Å². The molecule has 25 heavy (non-hydrogen) atoms. The van der Waals surface area contributed by atoms with Gasteiger partial charge in [-0.1, -0.05) is 17.7 Å². The van der Waals surface area contributed by atoms with Crippen molar-refractivity contribution < 1.29 is 4.39 Å². The van der Waals surface area contributed by atoms with E-state index in [2.05, 4.69) is 25.5 Å². The zero-order valence-corrected chi connectivity index (χ0v) is 14.1. The zero-order valence-electron chi connectivity index (χ0n) is 13.3. The van der Waals surface area contributed by atoms with Crippen LogP contribution in [0.25, 0.3) is 11.0 Å². The van der Waals surface area contributed by atoms with Crippen LogP contribution in [0.4, 0.5) is 21.7 Å². The maximum absolute atomic E-state index is 14.2. The number of nitrogens with zero attached hydrogens (tertiary/aromatic N) is 4. The molecular weight excluding hydrogens is 343 g/mol. The molecule has 128 valence electrons. The first-order valence-electron chi connectivity index (χ1n) is 8.01. The van der Waals surface area contributed by atoms with E-state index in [1.165, 1.54) is 12.4 Å². The highest BCUT2D eigenvalue weighted by Gasteiger charge is 2.15. The molecule has 0 aliphatic carbocycles. The Bertz CT molecular complexity index is 913. The monoisotopic (exact) mass is 358 g/mol. The lowest BCUT2D eigenvalue weighted by Gasteiger charge is -2.28. The molecule has 0 atom stereocenters. The van der Waals surface area contributed by atoms with Crippen molar-refractivity contribution in [2.75, 3.05) is 30.0 Å². The minimum atomic E-state index is -0.521. The summed E-state index contributed by atoms with van der Waals surface area (Å²) in [5, 5.41) is 6.36. The molecule has 0 spiro atoms. The van der Waals surface area contributed by atoms with Gasteiger partial charge in [-0.3, -0.25) is 5.32 Å². The summed E-state index contributed by atoms with van der Waals surface area (Å²) in [6.45, 7) is 2.69. The van der Waals surface area contributed by atoms with Gasteiger partial charge in [0.05, 0.1) is 22.9 Å². The van der Waals surface area contributed by atoms with Crippen LogP contribution in [0.5, 0.6) is 0 Å². The molecule has 1 saturated heterocycles. The number of fused-ring (bicyclic) bond motifs is 1. The third kappa shape index (κ3) is 3.20. The van der Waals surface area contributed by atoms with Crippen LogP contribution in [0.15, 0.2) is 36.7 Å². The fourth-order valence-corrected chi connectivity index (χ4v) is 2.98. The molecule has 2 N–H and O–H groups in total. The molecule has 6 nitrogen and oxygen atoms in total. The topological polar surface area (TPSA) is 66.0 Å². The second-order valence-electron chi connectivity index (χ2n) is 5.76. The third-order valence-corrected chi connectivity index (χ3v) is 4.37. The Balaban J connectivity index is 1.74. The standard InChI is InChI=1S/C17H16ClFN6/c18-11-3-1-4-12(15(11)19)23-17-16-13(21-9-22-17)5-6-14(24-16)25-8-2-7-20-10-25/h1,3-6,9,20H,2,7-8,10H2,(H,21,22,23). The summed E-state index contributed by atoms with van der Waals surface area (Å²) >= 11 is 5.85. The van der Waals surface area contributed by atoms with E-state index in [0.29, 0.717) is 16.9 Å². The SMILES string of the molecule is Fc1c(Cl)cccc1Nc1ncnc2ccc(N3CCCNC3)nc12. The number of hydrogen-bond donors (Lipinski definition) is 2. The van der Waals surface area contributed by atoms with E-state index >= 15 is 0 Å². The van der Waals surface area contributed by atoms with Gasteiger partial charge in [0.2, 0.25) is 0 Å². The van der Waals surface area contributed by atoms with E-state index in [9.17, 15) is 4.39 Å². The number of benzene rings is 1. The first-order valence-corrected chi connectivity index (χ1v) is 8.38. The van der Waals surface area contributed by atoms with Crippen LogP contribution in [-0.4, -0.2) is 34.7 Å². The Morgan fingerprint density at radius 3 is 2.96 bits per heavy atom. The Morgan fingerprint density at radius 1 is 1.20 bits per heavy atom. The summed E-state index contributed by atoms with van der Waals surface area (Å²) in [4.78, 5) is 15.3. The molecule has 4 rings (SSSR count). The quantitative estimate of drug-likeness (QED) is 0.748. The summed E-state index contributed by atoms with van der Waals surface area (Å²) in [6.07, 6.45) is 2.49. The van der Waals surface area contributed by atoms with E-state index in [1.807, 2.05) is 12.1 Å². The Labute approximate surface area is 149 Å². The van der Waals surface area contributed by atoms with Crippen LogP contribution in [0.3, 0.4) is 0 Å². The van der Waals surface area contributed by atoms with Gasteiger partial charge in [-0.2, -0.15) is 0 Å². The van der Waals surface area contributed by atoms with E-state index in [4.69, 9.17) is 16.6 Å². The summed E-state index contributed by atoms with van der Waals surface area (Å²) in [5.41, 5.74) is 1.53. The average Bonchev–Trinajstić information content (AvgIpc) is 2.66. The van der Waals surface area contributed by atoms with Gasteiger partial charge >= 0.3 is 0 Å². The lowest BCUT2D eigenvalue weighted by molar-refractivity contribution is 0.549. The predicted octanol–water partition coefficient (Wildman–Crippen LogP) is 3.32. The molecule has 0 amide bonds. The lowest BCUT2D eigenvalue weighted by atomic mass is 10.2. The maximum Gasteiger partial charge on any atom is 0.165 e. The van der Waals surface area contributed by atoms with Crippen molar-refractivity contribution in [1.82, 2.24) is 20.3 Å². The van der Waals surface area contributed by atoms with Gasteiger partial charge in [-0.15, -0.1) is 0 Å². The molecule has 0 radical (unpaired) electrons. The summed E-state index contributed by atoms with van der Waals surface area (Å²) in [6, 6.07) is 8.61. The van der Waals surface area contributed by atoms with Crippen molar-refractivity contribution >= 4 is 40.0 Å². The van der Waals surface area contributed by atoms with Crippen LogP contribution >= 0.6 is 11.6 Å². The molecule has 1 aliphatic rings. The van der Waals surface area contributed by atoms with Gasteiger partial charge in [0.25, 0.3) is 0 Å². The summed E-state index contributed by atoms with van der Waals surface area (Å²) in [7, 11) is 0. The smallest absolute Gasteiger partial charge is 0.165 e. The Kier molecular flexibility index (Phi) is 4.33. The van der Waals surface area contributed by atoms with Gasteiger partial charge < -0.3 is 10.2 Å². The first-order chi connectivity index (χ1) is 12.2. The number of hydrogen-bond acceptors (Lipinski definition) is 6. The molecule has 3 aromatic rings. The number of halogens is 2. The highest BCUT2D eigenvalue weighted by Crippen LogP contribution is 2.28. The minimum absolute atomic E-state index is 0.0522. The second-order valence-corrected chi connectivity index (χ2v) is 6.17. The molecule has 3 heterocycles. The van der Waals surface area contributed by atoms with Crippen LogP contribution in [0.1, 0.15) is 6.42 Å². The molecule has 0 bridgehead atoms. The van der Waals surface area contributed by atoms with E-state index < -0.39 is 5.82 Å². The van der Waals surface area contributed by atoms with Gasteiger partial charge in [-0.05, 0) is 37.2 Å². The van der Waals surface area contributed by atoms with Gasteiger partial charge in [0, 0.05) is 6.54 Å². The third-order valence-electron chi connectivity index (χ3n) is 4.08. The highest BCUT2D eigenvalue weighted by atomic mass is 35.5. The highest BCUT2D eigenvalue weighted by molar-refractivity contribution is 6.31. The van der Waals surface area contributed by atoms with Crippen LogP contribution in [0, 0.1) is 5.82 Å². The molecule has 2 aromatic heterocycles. The fraction of sp³-hybridized carbons (Fsp3) is 0.235. The first kappa shape index (κ1) is 16.0. The second kappa shape index (κ2) is 6.78. The Morgan fingerprint density at radius 2 is 2.12 bits per heavy atom. The molecule has 0 unspecified atom stereocenters. The summed E-state index contributed by atoms with van der Waals surface area (Å²) < 4.78 is 14.2. The molecule has 0 saturated carbocycles. The average molecular weight is 359 g/mol. The van der Waals surface area contributed by atoms with Crippen molar-refractivity contribution in [3.05, 3.63) is 47.5 Å². The Hall–Kier alpha value is -2.51. The minimum Gasteiger partial charge on any atom is -0.344 e. The van der Waals surface area contributed by atoms with Crippen molar-refractivity contribution in [2.24, 2.45) is 0 Å². The van der Waals surface area contributed by atoms with Crippen molar-refractivity contribution in [1.29, 1.82) is 0 Å². The number of anilines is 3. The van der Waals surface area contributed by atoms with E-state index in [0.717, 1.165) is 32.0 Å². The number of aromatic nitrogens is 3. The maximum atomic E-state index is 14.2. The molecule has 1 aromatic carbocycles. The van der Waals surface area contributed by atoms with Crippen LogP contribution in [0.2, 0.25) is 5.02 Å². The normalized spacial score (nSPS) is 14.7.